The number of benzene rings is 1. The van der Waals surface area contributed by atoms with E-state index in [4.69, 9.17) is 14.2 Å². The molecule has 1 aromatic carbocycles. The Bertz CT molecular complexity index is 1180. The van der Waals surface area contributed by atoms with Gasteiger partial charge in [0.15, 0.2) is 23.7 Å². The Hall–Kier alpha value is -3.96. The van der Waals surface area contributed by atoms with Gasteiger partial charge in [0.1, 0.15) is 12.0 Å². The zero-order valence-electron chi connectivity index (χ0n) is 26.4. The second-order valence-electron chi connectivity index (χ2n) is 11.7. The summed E-state index contributed by atoms with van der Waals surface area (Å²) in [6, 6.07) is 2.40. The fourth-order valence-corrected chi connectivity index (χ4v) is 4.87. The topological polar surface area (TPSA) is 174 Å². The summed E-state index contributed by atoms with van der Waals surface area (Å²) in [5.41, 5.74) is -0.332. The van der Waals surface area contributed by atoms with Gasteiger partial charge in [-0.2, -0.15) is 0 Å². The third-order valence-electron chi connectivity index (χ3n) is 7.68. The lowest BCUT2D eigenvalue weighted by Gasteiger charge is -2.31. The SMILES string of the molecule is CCCCCC[C@H]1C(=O)O[C@H](C)[C@H](NC(=O)c2cccc(NC=O)c2O)C(=O)O[C@@H]([C@@H](C)CC)C(=O)O[C@@H](CC(C)C)C1=O. The van der Waals surface area contributed by atoms with Crippen LogP contribution in [0.3, 0.4) is 0 Å². The van der Waals surface area contributed by atoms with E-state index in [-0.39, 0.29) is 30.0 Å². The maximum atomic E-state index is 13.8. The van der Waals surface area contributed by atoms with Crippen LogP contribution in [0.5, 0.6) is 5.75 Å². The molecule has 1 heterocycles. The first kappa shape index (κ1) is 36.2. The molecule has 1 aliphatic rings. The predicted molar refractivity (Wildman–Crippen MR) is 161 cm³/mol. The average molecular weight is 619 g/mol. The van der Waals surface area contributed by atoms with Crippen molar-refractivity contribution in [2.75, 3.05) is 5.32 Å². The van der Waals surface area contributed by atoms with Crippen molar-refractivity contribution < 1.29 is 48.1 Å². The molecular weight excluding hydrogens is 572 g/mol. The summed E-state index contributed by atoms with van der Waals surface area (Å²) in [4.78, 5) is 78.5. The molecule has 44 heavy (non-hydrogen) atoms. The van der Waals surface area contributed by atoms with Crippen LogP contribution in [0.1, 0.15) is 96.8 Å². The van der Waals surface area contributed by atoms with Gasteiger partial charge in [-0.1, -0.05) is 66.4 Å². The van der Waals surface area contributed by atoms with Crippen molar-refractivity contribution in [3.05, 3.63) is 23.8 Å². The summed E-state index contributed by atoms with van der Waals surface area (Å²) in [6.45, 7) is 10.6. The predicted octanol–water partition coefficient (Wildman–Crippen LogP) is 4.08. The maximum absolute atomic E-state index is 13.8. The smallest absolute Gasteiger partial charge is 0.348 e. The number of Topliss-reactive ketones (excluding diaryl/α,β-unsaturated/α-hetero) is 1. The summed E-state index contributed by atoms with van der Waals surface area (Å²) in [5.74, 6) is -6.81. The van der Waals surface area contributed by atoms with Gasteiger partial charge in [-0.3, -0.25) is 19.2 Å². The van der Waals surface area contributed by atoms with E-state index in [1.165, 1.54) is 25.1 Å². The quantitative estimate of drug-likeness (QED) is 0.0730. The fourth-order valence-electron chi connectivity index (χ4n) is 4.87. The van der Waals surface area contributed by atoms with Crippen LogP contribution in [0.25, 0.3) is 0 Å². The molecule has 0 aromatic heterocycles. The summed E-state index contributed by atoms with van der Waals surface area (Å²) >= 11 is 0. The van der Waals surface area contributed by atoms with Gasteiger partial charge in [0.25, 0.3) is 5.91 Å². The Morgan fingerprint density at radius 2 is 1.68 bits per heavy atom. The van der Waals surface area contributed by atoms with Crippen LogP contribution in [0.15, 0.2) is 18.2 Å². The number of rotatable bonds is 13. The van der Waals surface area contributed by atoms with E-state index >= 15 is 0 Å². The molecule has 1 aromatic rings. The third-order valence-corrected chi connectivity index (χ3v) is 7.68. The van der Waals surface area contributed by atoms with Crippen LogP contribution in [0, 0.1) is 17.8 Å². The number of esters is 3. The Kier molecular flexibility index (Phi) is 14.3. The third kappa shape index (κ3) is 9.78. The van der Waals surface area contributed by atoms with Crippen molar-refractivity contribution in [1.29, 1.82) is 0 Å². The number of carbonyl (C=O) groups is 6. The minimum absolute atomic E-state index is 0.0478. The molecule has 1 aliphatic heterocycles. The lowest BCUT2D eigenvalue weighted by atomic mass is 9.89. The van der Waals surface area contributed by atoms with Crippen molar-refractivity contribution in [2.24, 2.45) is 17.8 Å². The highest BCUT2D eigenvalue weighted by atomic mass is 16.6. The first-order valence-electron chi connectivity index (χ1n) is 15.3. The Balaban J connectivity index is 2.54. The van der Waals surface area contributed by atoms with Crippen molar-refractivity contribution in [1.82, 2.24) is 5.32 Å². The van der Waals surface area contributed by atoms with Crippen molar-refractivity contribution in [3.8, 4) is 5.75 Å². The first-order valence-corrected chi connectivity index (χ1v) is 15.3. The van der Waals surface area contributed by atoms with Crippen molar-refractivity contribution in [3.63, 3.8) is 0 Å². The van der Waals surface area contributed by atoms with E-state index in [2.05, 4.69) is 10.6 Å². The molecule has 244 valence electrons. The molecule has 12 nitrogen and oxygen atoms in total. The van der Waals surface area contributed by atoms with Gasteiger partial charge in [-0.05, 0) is 44.2 Å². The molecule has 2 amide bonds. The number of ether oxygens (including phenoxy) is 3. The van der Waals surface area contributed by atoms with E-state index in [9.17, 15) is 33.9 Å². The normalized spacial score (nSPS) is 23.8. The summed E-state index contributed by atoms with van der Waals surface area (Å²) in [6.07, 6.45) is 0.270. The van der Waals surface area contributed by atoms with E-state index in [1.807, 2.05) is 20.8 Å². The van der Waals surface area contributed by atoms with E-state index in [0.717, 1.165) is 19.3 Å². The molecule has 0 saturated carbocycles. The monoisotopic (exact) mass is 618 g/mol. The van der Waals surface area contributed by atoms with Crippen LogP contribution < -0.4 is 10.6 Å². The molecule has 3 N–H and O–H groups in total. The van der Waals surface area contributed by atoms with Crippen LogP contribution >= 0.6 is 0 Å². The zero-order chi connectivity index (χ0) is 33.0. The highest BCUT2D eigenvalue weighted by Crippen LogP contribution is 2.28. The molecule has 6 atom stereocenters. The number of hydrogen-bond acceptors (Lipinski definition) is 10. The Morgan fingerprint density at radius 1 is 0.977 bits per heavy atom. The second kappa shape index (κ2) is 17.4. The number of hydrogen-bond donors (Lipinski definition) is 3. The average Bonchev–Trinajstić information content (AvgIpc) is 2.97. The van der Waals surface area contributed by atoms with Crippen molar-refractivity contribution in [2.45, 2.75) is 111 Å². The number of para-hydroxylation sites is 1. The van der Waals surface area contributed by atoms with Crippen LogP contribution in [0.4, 0.5) is 5.69 Å². The number of anilines is 1. The first-order chi connectivity index (χ1) is 20.9. The largest absolute Gasteiger partial charge is 0.505 e. The van der Waals surface area contributed by atoms with Crippen LogP contribution in [-0.2, 0) is 38.2 Å². The lowest BCUT2D eigenvalue weighted by molar-refractivity contribution is -0.184. The molecular formula is C32H46N2O10. The minimum atomic E-state index is -1.63. The summed E-state index contributed by atoms with van der Waals surface area (Å²) < 4.78 is 16.9. The zero-order valence-corrected chi connectivity index (χ0v) is 26.4. The molecule has 0 bridgehead atoms. The fraction of sp³-hybridized carbons (Fsp3) is 0.625. The minimum Gasteiger partial charge on any atom is -0.505 e. The number of phenolic OH excluding ortho intramolecular Hbond substituents is 1. The van der Waals surface area contributed by atoms with Crippen LogP contribution in [0.2, 0.25) is 0 Å². The van der Waals surface area contributed by atoms with Gasteiger partial charge in [-0.15, -0.1) is 0 Å². The van der Waals surface area contributed by atoms with Gasteiger partial charge in [0.2, 0.25) is 12.5 Å². The van der Waals surface area contributed by atoms with Gasteiger partial charge in [-0.25, -0.2) is 9.59 Å². The number of carbonyl (C=O) groups excluding carboxylic acids is 6. The van der Waals surface area contributed by atoms with Crippen molar-refractivity contribution >= 4 is 41.7 Å². The number of ketones is 1. The molecule has 0 aliphatic carbocycles. The standard InChI is InChI=1S/C32H46N2O10/c1-7-9-10-11-13-22-27(37)24(16-18(3)4)43-32(41)28(19(5)8-2)44-31(40)25(20(6)42-30(22)39)34-29(38)21-14-12-15-23(26(21)36)33-17-35/h12,14-15,17-20,22,24-25,28,36H,7-11,13,16H2,1-6H3,(H,33,35)(H,34,38)/t19-,20+,22+,24-,25-,28-/m0/s1. The molecule has 2 rings (SSSR count). The summed E-state index contributed by atoms with van der Waals surface area (Å²) in [7, 11) is 0. The van der Waals surface area contributed by atoms with Crippen LogP contribution in [-0.4, -0.2) is 65.5 Å². The number of nitrogens with one attached hydrogen (secondary N) is 2. The molecule has 0 spiro atoms. The molecule has 12 heteroatoms. The van der Waals surface area contributed by atoms with Gasteiger partial charge < -0.3 is 30.0 Å². The Labute approximate surface area is 258 Å². The van der Waals surface area contributed by atoms with Gasteiger partial charge >= 0.3 is 17.9 Å². The number of cyclic esters (lactones) is 3. The van der Waals surface area contributed by atoms with Gasteiger partial charge in [0, 0.05) is 5.92 Å². The molecule has 1 fully saturated rings. The van der Waals surface area contributed by atoms with Gasteiger partial charge in [0.05, 0.1) is 11.3 Å². The number of amides is 2. The summed E-state index contributed by atoms with van der Waals surface area (Å²) in [5, 5.41) is 15.2. The van der Waals surface area contributed by atoms with E-state index in [0.29, 0.717) is 19.3 Å². The molecule has 0 radical (unpaired) electrons. The Morgan fingerprint density at radius 3 is 2.30 bits per heavy atom. The lowest BCUT2D eigenvalue weighted by Crippen LogP contribution is -2.53. The highest BCUT2D eigenvalue weighted by molar-refractivity contribution is 6.03. The maximum Gasteiger partial charge on any atom is 0.348 e. The number of aromatic hydroxyl groups is 1. The van der Waals surface area contributed by atoms with E-state index in [1.54, 1.807) is 13.8 Å². The number of phenols is 1. The highest BCUT2D eigenvalue weighted by Gasteiger charge is 2.43. The number of unbranched alkanes of at least 4 members (excludes halogenated alkanes) is 3. The molecule has 0 unspecified atom stereocenters. The van der Waals surface area contributed by atoms with E-state index < -0.39 is 71.5 Å². The second-order valence-corrected chi connectivity index (χ2v) is 11.7. The molecule has 1 saturated heterocycles.